The van der Waals surface area contributed by atoms with Crippen LogP contribution in [0.3, 0.4) is 0 Å². The number of amides is 1. The highest BCUT2D eigenvalue weighted by Gasteiger charge is 2.21. The average molecular weight is 260 g/mol. The van der Waals surface area contributed by atoms with Crippen molar-refractivity contribution in [3.8, 4) is 0 Å². The molecule has 0 saturated carbocycles. The normalized spacial score (nSPS) is 12.8. The molecule has 0 aromatic carbocycles. The lowest BCUT2D eigenvalue weighted by Gasteiger charge is -2.18. The van der Waals surface area contributed by atoms with E-state index in [1.54, 1.807) is 18.3 Å². The largest absolute Gasteiger partial charge is 0.368 e. The molecular formula is C13H16N4O2. The van der Waals surface area contributed by atoms with E-state index in [-0.39, 0.29) is 11.5 Å². The van der Waals surface area contributed by atoms with Crippen molar-refractivity contribution in [3.05, 3.63) is 35.0 Å². The van der Waals surface area contributed by atoms with Gasteiger partial charge in [0.2, 0.25) is 5.91 Å². The summed E-state index contributed by atoms with van der Waals surface area (Å²) in [4.78, 5) is 32.0. The van der Waals surface area contributed by atoms with Crippen molar-refractivity contribution in [2.24, 2.45) is 11.7 Å². The number of hydrogen-bond acceptors (Lipinski definition) is 4. The van der Waals surface area contributed by atoms with Gasteiger partial charge in [-0.3, -0.25) is 14.2 Å². The molecule has 1 atom stereocenters. The first-order valence-electron chi connectivity index (χ1n) is 6.12. The highest BCUT2D eigenvalue weighted by Crippen LogP contribution is 2.16. The number of pyridine rings is 1. The maximum atomic E-state index is 12.3. The van der Waals surface area contributed by atoms with Crippen LogP contribution in [0.1, 0.15) is 26.3 Å². The molecule has 0 fully saturated rings. The molecule has 0 aliphatic carbocycles. The SMILES string of the molecule is CC(C)C[C@H](C(N)=O)n1cnc2ncccc2c1=O. The number of aromatic nitrogens is 3. The first-order valence-corrected chi connectivity index (χ1v) is 6.12. The molecule has 2 N–H and O–H groups in total. The van der Waals surface area contributed by atoms with E-state index in [1.165, 1.54) is 10.9 Å². The fourth-order valence-corrected chi connectivity index (χ4v) is 2.01. The standard InChI is InChI=1S/C13H16N4O2/c1-8(2)6-10(11(14)18)17-7-16-12-9(13(17)19)4-3-5-15-12/h3-5,7-8,10H,6H2,1-2H3,(H2,14,18)/t10-/m1/s1. The Bertz CT molecular complexity index is 663. The number of carbonyl (C=O) groups is 1. The van der Waals surface area contributed by atoms with Crippen LogP contribution in [0.2, 0.25) is 0 Å². The zero-order valence-corrected chi connectivity index (χ0v) is 10.9. The summed E-state index contributed by atoms with van der Waals surface area (Å²) in [5, 5.41) is 0.389. The molecule has 1 amide bonds. The molecule has 0 bridgehead atoms. The lowest BCUT2D eigenvalue weighted by Crippen LogP contribution is -2.35. The summed E-state index contributed by atoms with van der Waals surface area (Å²) in [6.07, 6.45) is 3.41. The molecule has 2 aromatic rings. The number of hydrogen-bond donors (Lipinski definition) is 1. The number of fused-ring (bicyclic) bond motifs is 1. The number of carbonyl (C=O) groups excluding carboxylic acids is 1. The van der Waals surface area contributed by atoms with Crippen molar-refractivity contribution in [2.75, 3.05) is 0 Å². The molecule has 100 valence electrons. The lowest BCUT2D eigenvalue weighted by molar-refractivity contribution is -0.121. The van der Waals surface area contributed by atoms with Crippen molar-refractivity contribution in [1.29, 1.82) is 0 Å². The van der Waals surface area contributed by atoms with E-state index in [2.05, 4.69) is 9.97 Å². The Balaban J connectivity index is 2.57. The van der Waals surface area contributed by atoms with E-state index in [4.69, 9.17) is 5.73 Å². The Morgan fingerprint density at radius 1 is 1.42 bits per heavy atom. The second kappa shape index (κ2) is 5.17. The van der Waals surface area contributed by atoms with Gasteiger partial charge in [-0.25, -0.2) is 9.97 Å². The van der Waals surface area contributed by atoms with Crippen molar-refractivity contribution >= 4 is 16.9 Å². The Kier molecular flexibility index (Phi) is 3.59. The van der Waals surface area contributed by atoms with Gasteiger partial charge in [-0.1, -0.05) is 13.8 Å². The summed E-state index contributed by atoms with van der Waals surface area (Å²) in [7, 11) is 0. The zero-order valence-electron chi connectivity index (χ0n) is 10.9. The molecule has 0 aliphatic heterocycles. The van der Waals surface area contributed by atoms with E-state index >= 15 is 0 Å². The molecule has 0 spiro atoms. The van der Waals surface area contributed by atoms with Crippen LogP contribution >= 0.6 is 0 Å². The fraction of sp³-hybridized carbons (Fsp3) is 0.385. The second-order valence-corrected chi connectivity index (χ2v) is 4.88. The lowest BCUT2D eigenvalue weighted by atomic mass is 10.0. The molecule has 0 radical (unpaired) electrons. The van der Waals surface area contributed by atoms with Gasteiger partial charge in [0.1, 0.15) is 12.4 Å². The first-order chi connectivity index (χ1) is 9.00. The average Bonchev–Trinajstić information content (AvgIpc) is 2.37. The van der Waals surface area contributed by atoms with Gasteiger partial charge in [0.05, 0.1) is 5.39 Å². The van der Waals surface area contributed by atoms with E-state index < -0.39 is 11.9 Å². The van der Waals surface area contributed by atoms with Crippen molar-refractivity contribution in [2.45, 2.75) is 26.3 Å². The van der Waals surface area contributed by atoms with Crippen LogP contribution in [0.15, 0.2) is 29.5 Å². The smallest absolute Gasteiger partial charge is 0.263 e. The molecule has 6 heteroatoms. The number of nitrogens with two attached hydrogens (primary N) is 1. The number of primary amides is 1. The van der Waals surface area contributed by atoms with Crippen LogP contribution < -0.4 is 11.3 Å². The summed E-state index contributed by atoms with van der Waals surface area (Å²) < 4.78 is 1.30. The highest BCUT2D eigenvalue weighted by atomic mass is 16.2. The summed E-state index contributed by atoms with van der Waals surface area (Å²) in [6.45, 7) is 3.94. The van der Waals surface area contributed by atoms with Crippen molar-refractivity contribution in [1.82, 2.24) is 14.5 Å². The number of rotatable bonds is 4. The van der Waals surface area contributed by atoms with Gasteiger partial charge in [-0.2, -0.15) is 0 Å². The third-order valence-corrected chi connectivity index (χ3v) is 2.91. The van der Waals surface area contributed by atoms with Crippen LogP contribution in [-0.4, -0.2) is 20.4 Å². The predicted octanol–water partition coefficient (Wildman–Crippen LogP) is 0.864. The topological polar surface area (TPSA) is 90.9 Å². The predicted molar refractivity (Wildman–Crippen MR) is 71.5 cm³/mol. The van der Waals surface area contributed by atoms with Crippen LogP contribution in [0, 0.1) is 5.92 Å². The van der Waals surface area contributed by atoms with Gasteiger partial charge in [0.15, 0.2) is 5.65 Å². The van der Waals surface area contributed by atoms with E-state index in [0.717, 1.165) is 0 Å². The van der Waals surface area contributed by atoms with Crippen LogP contribution in [-0.2, 0) is 4.79 Å². The quantitative estimate of drug-likeness (QED) is 0.882. The number of nitrogens with zero attached hydrogens (tertiary/aromatic N) is 3. The van der Waals surface area contributed by atoms with Gasteiger partial charge in [0, 0.05) is 6.20 Å². The summed E-state index contributed by atoms with van der Waals surface area (Å²) in [6, 6.07) is 2.63. The first kappa shape index (κ1) is 13.2. The molecular weight excluding hydrogens is 244 g/mol. The Morgan fingerprint density at radius 3 is 2.79 bits per heavy atom. The Morgan fingerprint density at radius 2 is 2.16 bits per heavy atom. The van der Waals surface area contributed by atoms with Crippen LogP contribution in [0.25, 0.3) is 11.0 Å². The van der Waals surface area contributed by atoms with Gasteiger partial charge in [-0.05, 0) is 24.5 Å². The Labute approximate surface area is 110 Å². The molecule has 19 heavy (non-hydrogen) atoms. The highest BCUT2D eigenvalue weighted by molar-refractivity contribution is 5.79. The minimum absolute atomic E-state index is 0.244. The molecule has 0 aliphatic rings. The monoisotopic (exact) mass is 260 g/mol. The summed E-state index contributed by atoms with van der Waals surface area (Å²) >= 11 is 0. The molecule has 2 rings (SSSR count). The Hall–Kier alpha value is -2.24. The third-order valence-electron chi connectivity index (χ3n) is 2.91. The molecule has 2 heterocycles. The van der Waals surface area contributed by atoms with Crippen LogP contribution in [0.5, 0.6) is 0 Å². The molecule has 0 saturated heterocycles. The summed E-state index contributed by atoms with van der Waals surface area (Å²) in [5.41, 5.74) is 5.47. The summed E-state index contributed by atoms with van der Waals surface area (Å²) in [5.74, 6) is -0.283. The van der Waals surface area contributed by atoms with Gasteiger partial charge in [0.25, 0.3) is 5.56 Å². The van der Waals surface area contributed by atoms with E-state index in [9.17, 15) is 9.59 Å². The minimum Gasteiger partial charge on any atom is -0.368 e. The van der Waals surface area contributed by atoms with E-state index in [0.29, 0.717) is 17.5 Å². The maximum absolute atomic E-state index is 12.3. The van der Waals surface area contributed by atoms with E-state index in [1.807, 2.05) is 13.8 Å². The maximum Gasteiger partial charge on any atom is 0.263 e. The van der Waals surface area contributed by atoms with Crippen LogP contribution in [0.4, 0.5) is 0 Å². The second-order valence-electron chi connectivity index (χ2n) is 4.88. The van der Waals surface area contributed by atoms with Gasteiger partial charge in [-0.15, -0.1) is 0 Å². The third kappa shape index (κ3) is 2.62. The molecule has 6 nitrogen and oxygen atoms in total. The van der Waals surface area contributed by atoms with Gasteiger partial charge < -0.3 is 5.73 Å². The zero-order chi connectivity index (χ0) is 14.0. The molecule has 0 unspecified atom stereocenters. The minimum atomic E-state index is -0.676. The fourth-order valence-electron chi connectivity index (χ4n) is 2.01. The van der Waals surface area contributed by atoms with Crippen molar-refractivity contribution in [3.63, 3.8) is 0 Å². The van der Waals surface area contributed by atoms with Crippen molar-refractivity contribution < 1.29 is 4.79 Å². The molecule has 2 aromatic heterocycles. The van der Waals surface area contributed by atoms with Gasteiger partial charge >= 0.3 is 0 Å².